The highest BCUT2D eigenvalue weighted by molar-refractivity contribution is 5.87. The minimum Gasteiger partial charge on any atom is -0.496 e. The van der Waals surface area contributed by atoms with Gasteiger partial charge in [-0.2, -0.15) is 4.98 Å². The Kier molecular flexibility index (Phi) is 15.9. The van der Waals surface area contributed by atoms with Gasteiger partial charge in [0.1, 0.15) is 11.3 Å². The van der Waals surface area contributed by atoms with E-state index in [-0.39, 0.29) is 12.0 Å². The van der Waals surface area contributed by atoms with E-state index in [4.69, 9.17) is 24.7 Å². The largest absolute Gasteiger partial charge is 0.496 e. The summed E-state index contributed by atoms with van der Waals surface area (Å²) >= 11 is 0. The maximum atomic E-state index is 12.7. The van der Waals surface area contributed by atoms with Crippen LogP contribution in [0.5, 0.6) is 5.75 Å². The minimum atomic E-state index is -0.0607. The van der Waals surface area contributed by atoms with Gasteiger partial charge in [-0.15, -0.1) is 5.10 Å². The normalized spacial score (nSPS) is 13.5. The molecule has 290 valence electrons. The van der Waals surface area contributed by atoms with Crippen molar-refractivity contribution in [1.29, 1.82) is 0 Å². The van der Waals surface area contributed by atoms with Crippen LogP contribution in [-0.4, -0.2) is 131 Å². The molecule has 1 saturated heterocycles. The number of nitrogens with zero attached hydrogens (tertiary/aromatic N) is 8. The predicted molar refractivity (Wildman–Crippen MR) is 204 cm³/mol. The number of nitrogen functional groups attached to an aromatic ring is 1. The summed E-state index contributed by atoms with van der Waals surface area (Å²) in [7, 11) is 1.71. The molecule has 1 fully saturated rings. The molecule has 53 heavy (non-hydrogen) atoms. The molecule has 0 spiro atoms. The van der Waals surface area contributed by atoms with Gasteiger partial charge in [-0.1, -0.05) is 44.0 Å². The van der Waals surface area contributed by atoms with Gasteiger partial charge >= 0.3 is 6.03 Å². The number of amides is 2. The number of aryl methyl sites for hydroxylation is 1. The summed E-state index contributed by atoms with van der Waals surface area (Å²) in [6.07, 6.45) is 8.21. The van der Waals surface area contributed by atoms with E-state index in [0.29, 0.717) is 72.4 Å². The Bertz CT molecular complexity index is 1690. The first-order valence-corrected chi connectivity index (χ1v) is 18.9. The van der Waals surface area contributed by atoms with Crippen LogP contribution < -0.4 is 21.1 Å². The van der Waals surface area contributed by atoms with Crippen molar-refractivity contribution in [3.8, 4) is 5.75 Å². The Morgan fingerprint density at radius 1 is 0.906 bits per heavy atom. The number of carbonyl (C=O) groups excluding carboxylic acids is 1. The Balaban J connectivity index is 0.959. The van der Waals surface area contributed by atoms with E-state index in [0.717, 1.165) is 91.3 Å². The lowest BCUT2D eigenvalue weighted by Gasteiger charge is -2.34. The number of aromatic nitrogens is 6. The summed E-state index contributed by atoms with van der Waals surface area (Å²) in [5, 5.41) is 14.6. The Hall–Kier alpha value is -4.51. The van der Waals surface area contributed by atoms with Crippen LogP contribution in [0.2, 0.25) is 0 Å². The highest BCUT2D eigenvalue weighted by atomic mass is 16.5. The Morgan fingerprint density at radius 2 is 1.68 bits per heavy atom. The van der Waals surface area contributed by atoms with Gasteiger partial charge in [0.05, 0.1) is 71.1 Å². The van der Waals surface area contributed by atoms with Crippen molar-refractivity contribution in [3.63, 3.8) is 0 Å². The molecular formula is C37H57N11O5. The Labute approximate surface area is 312 Å². The van der Waals surface area contributed by atoms with Gasteiger partial charge in [-0.3, -0.25) is 4.90 Å². The molecule has 3 aromatic heterocycles. The maximum Gasteiger partial charge on any atom is 0.317 e. The van der Waals surface area contributed by atoms with Crippen molar-refractivity contribution in [3.05, 3.63) is 53.5 Å². The quantitative estimate of drug-likeness (QED) is 0.0951. The summed E-state index contributed by atoms with van der Waals surface area (Å²) in [6.45, 7) is 13.4. The fourth-order valence-electron chi connectivity index (χ4n) is 6.18. The van der Waals surface area contributed by atoms with Crippen molar-refractivity contribution in [1.82, 2.24) is 44.6 Å². The molecule has 1 aromatic carbocycles. The van der Waals surface area contributed by atoms with Crippen LogP contribution in [0.25, 0.3) is 11.0 Å². The van der Waals surface area contributed by atoms with Gasteiger partial charge in [0.25, 0.3) is 0 Å². The zero-order valence-electron chi connectivity index (χ0n) is 31.6. The summed E-state index contributed by atoms with van der Waals surface area (Å²) in [5.41, 5.74) is 11.0. The SMILES string of the molecule is CCCCCNc1nc(N)nc2ccn(Cc3ccc(CN4CCN(C(=O)NCCOCCOCCOCCn5cc(CC)nn5)CC4)cc3OC)c12. The highest BCUT2D eigenvalue weighted by Gasteiger charge is 2.21. The van der Waals surface area contributed by atoms with Crippen LogP contribution >= 0.6 is 0 Å². The molecule has 1 aliphatic rings. The molecule has 0 radical (unpaired) electrons. The minimum absolute atomic E-state index is 0.0607. The first kappa shape index (κ1) is 39.7. The van der Waals surface area contributed by atoms with Gasteiger partial charge < -0.3 is 44.8 Å². The second-order valence-electron chi connectivity index (χ2n) is 13.0. The zero-order chi connectivity index (χ0) is 37.3. The van der Waals surface area contributed by atoms with E-state index in [1.54, 1.807) is 11.8 Å². The lowest BCUT2D eigenvalue weighted by Crippen LogP contribution is -2.51. The number of fused-ring (bicyclic) bond motifs is 1. The monoisotopic (exact) mass is 735 g/mol. The molecule has 0 saturated carbocycles. The topological polar surface area (TPSA) is 172 Å². The van der Waals surface area contributed by atoms with Crippen LogP contribution in [-0.2, 0) is 40.3 Å². The number of piperazine rings is 1. The number of hydrogen-bond acceptors (Lipinski definition) is 12. The van der Waals surface area contributed by atoms with Crippen LogP contribution in [0, 0.1) is 0 Å². The number of hydrogen-bond donors (Lipinski definition) is 3. The van der Waals surface area contributed by atoms with Crippen LogP contribution in [0.3, 0.4) is 0 Å². The molecule has 0 unspecified atom stereocenters. The standard InChI is InChI=1S/C37H57N11O5/c1-4-6-7-11-39-35-34-32(41-36(38)42-35)10-13-47(34)27-30-9-8-29(25-33(30)50-3)26-45-14-16-46(17-15-45)37(49)40-12-19-51-21-23-53-24-22-52-20-18-48-28-31(5-2)43-44-48/h8-10,13,25,28H,4-7,11-12,14-24,26-27H2,1-3H3,(H,40,49)(H3,38,39,41,42). The van der Waals surface area contributed by atoms with Crippen LogP contribution in [0.1, 0.15) is 49.9 Å². The number of ether oxygens (including phenoxy) is 4. The number of carbonyl (C=O) groups is 1. The fraction of sp³-hybridized carbons (Fsp3) is 0.595. The first-order valence-electron chi connectivity index (χ1n) is 18.9. The zero-order valence-corrected chi connectivity index (χ0v) is 31.6. The van der Waals surface area contributed by atoms with Crippen LogP contribution in [0.15, 0.2) is 36.7 Å². The second kappa shape index (κ2) is 21.3. The van der Waals surface area contributed by atoms with Crippen molar-refractivity contribution in [2.45, 2.75) is 59.2 Å². The third-order valence-corrected chi connectivity index (χ3v) is 9.14. The van der Waals surface area contributed by atoms with E-state index in [1.807, 2.05) is 23.4 Å². The number of nitrogens with two attached hydrogens (primary N) is 1. The van der Waals surface area contributed by atoms with Crippen molar-refractivity contribution in [2.75, 3.05) is 97.1 Å². The van der Waals surface area contributed by atoms with Crippen molar-refractivity contribution < 1.29 is 23.7 Å². The van der Waals surface area contributed by atoms with Gasteiger partial charge in [0, 0.05) is 63.8 Å². The molecule has 16 heteroatoms. The number of anilines is 2. The lowest BCUT2D eigenvalue weighted by molar-refractivity contribution is 0.0133. The van der Waals surface area contributed by atoms with Gasteiger partial charge in [-0.05, 0) is 30.5 Å². The molecule has 4 N–H and O–H groups in total. The van der Waals surface area contributed by atoms with Gasteiger partial charge in [0.2, 0.25) is 5.95 Å². The molecule has 0 atom stereocenters. The van der Waals surface area contributed by atoms with Crippen molar-refractivity contribution >= 4 is 28.8 Å². The maximum absolute atomic E-state index is 12.7. The smallest absolute Gasteiger partial charge is 0.317 e. The predicted octanol–water partition coefficient (Wildman–Crippen LogP) is 3.40. The lowest BCUT2D eigenvalue weighted by atomic mass is 10.1. The molecule has 16 nitrogen and oxygen atoms in total. The average molecular weight is 736 g/mol. The van der Waals surface area contributed by atoms with E-state index in [9.17, 15) is 4.79 Å². The average Bonchev–Trinajstić information content (AvgIpc) is 3.81. The fourth-order valence-corrected chi connectivity index (χ4v) is 6.18. The highest BCUT2D eigenvalue weighted by Crippen LogP contribution is 2.27. The third kappa shape index (κ3) is 12.3. The number of unbranched alkanes of at least 4 members (excludes halogenated alkanes) is 2. The van der Waals surface area contributed by atoms with E-state index in [1.165, 1.54) is 0 Å². The molecule has 0 aliphatic carbocycles. The number of urea groups is 1. The molecule has 0 bridgehead atoms. The van der Waals surface area contributed by atoms with E-state index >= 15 is 0 Å². The number of rotatable bonds is 23. The molecule has 4 heterocycles. The summed E-state index contributed by atoms with van der Waals surface area (Å²) in [4.78, 5) is 25.9. The molecular weight excluding hydrogens is 678 g/mol. The van der Waals surface area contributed by atoms with Gasteiger partial charge in [0.15, 0.2) is 5.82 Å². The van der Waals surface area contributed by atoms with E-state index < -0.39 is 0 Å². The number of methoxy groups -OCH3 is 1. The van der Waals surface area contributed by atoms with Gasteiger partial charge in [-0.25, -0.2) is 14.5 Å². The molecule has 2 amide bonds. The summed E-state index contributed by atoms with van der Waals surface area (Å²) in [5.74, 6) is 1.85. The Morgan fingerprint density at radius 3 is 2.42 bits per heavy atom. The van der Waals surface area contributed by atoms with Crippen molar-refractivity contribution in [2.24, 2.45) is 0 Å². The number of nitrogens with one attached hydrogen (secondary N) is 2. The first-order chi connectivity index (χ1) is 26.0. The number of benzene rings is 1. The second-order valence-corrected chi connectivity index (χ2v) is 13.0. The van der Waals surface area contributed by atoms with Crippen LogP contribution in [0.4, 0.5) is 16.6 Å². The van der Waals surface area contributed by atoms with E-state index in [2.05, 4.69) is 72.4 Å². The molecule has 5 rings (SSSR count). The summed E-state index contributed by atoms with van der Waals surface area (Å²) in [6, 6.07) is 8.31. The summed E-state index contributed by atoms with van der Waals surface area (Å²) < 4.78 is 26.5. The molecule has 1 aliphatic heterocycles. The third-order valence-electron chi connectivity index (χ3n) is 9.14. The molecule has 4 aromatic rings.